The van der Waals surface area contributed by atoms with E-state index in [0.29, 0.717) is 37.9 Å². The van der Waals surface area contributed by atoms with Crippen molar-refractivity contribution in [2.75, 3.05) is 59.1 Å². The summed E-state index contributed by atoms with van der Waals surface area (Å²) in [6.07, 6.45) is 28.6. The Morgan fingerprint density at radius 1 is 0.679 bits per heavy atom. The molecule has 0 spiro atoms. The third-order valence-corrected chi connectivity index (χ3v) is 11.0. The Balaban J connectivity index is 2.28. The standard InChI is InChI=1S/C46H82N2O5/c1-5-8-17-24-42(4)31-39-52-45(50)29-22-15-11-13-20-27-44(41-48-35-33-47(34-36-48)37-38-49)28-21-14-12-16-23-30-46(51)53-40-32-43(25-18-9-6-2)26-19-10-7-3/h25,42-44,49H,2,5,7-8,10-17,19-24,26-41H2,1,3-4H3. The van der Waals surface area contributed by atoms with Crippen molar-refractivity contribution in [3.63, 3.8) is 0 Å². The van der Waals surface area contributed by atoms with Crippen molar-refractivity contribution in [1.29, 1.82) is 0 Å². The first-order chi connectivity index (χ1) is 25.9. The third-order valence-electron chi connectivity index (χ3n) is 11.0. The number of aliphatic hydroxyl groups is 1. The molecule has 3 atom stereocenters. The number of allylic oxidation sites excluding steroid dienone is 1. The Bertz CT molecular complexity index is 1010. The zero-order valence-electron chi connectivity index (χ0n) is 34.8. The molecule has 0 aromatic heterocycles. The van der Waals surface area contributed by atoms with Crippen LogP contribution < -0.4 is 0 Å². The summed E-state index contributed by atoms with van der Waals surface area (Å²) in [6.45, 7) is 17.8. The van der Waals surface area contributed by atoms with E-state index in [0.717, 1.165) is 83.6 Å². The molecule has 1 rings (SSSR count). The molecule has 1 aliphatic heterocycles. The molecule has 0 amide bonds. The minimum Gasteiger partial charge on any atom is -0.466 e. The molecule has 0 bridgehead atoms. The van der Waals surface area contributed by atoms with E-state index in [4.69, 9.17) is 9.47 Å². The van der Waals surface area contributed by atoms with Crippen molar-refractivity contribution in [2.24, 2.45) is 17.8 Å². The summed E-state index contributed by atoms with van der Waals surface area (Å²) in [6, 6.07) is 0. The lowest BCUT2D eigenvalue weighted by molar-refractivity contribution is -0.145. The molecular formula is C46H82N2O5. The number of hydrogen-bond donors (Lipinski definition) is 1. The van der Waals surface area contributed by atoms with Gasteiger partial charge in [0, 0.05) is 52.1 Å². The van der Waals surface area contributed by atoms with Crippen LogP contribution in [0.5, 0.6) is 0 Å². The highest BCUT2D eigenvalue weighted by molar-refractivity contribution is 5.69. The van der Waals surface area contributed by atoms with E-state index in [1.165, 1.54) is 103 Å². The van der Waals surface area contributed by atoms with Crippen molar-refractivity contribution < 1.29 is 24.2 Å². The molecule has 7 nitrogen and oxygen atoms in total. The Kier molecular flexibility index (Phi) is 32.9. The highest BCUT2D eigenvalue weighted by atomic mass is 16.5. The molecule has 1 aliphatic rings. The number of rotatable bonds is 35. The van der Waals surface area contributed by atoms with Gasteiger partial charge in [0.15, 0.2) is 0 Å². The maximum Gasteiger partial charge on any atom is 0.305 e. The number of carbonyl (C=O) groups is 2. The molecule has 0 saturated carbocycles. The second-order valence-corrected chi connectivity index (χ2v) is 15.8. The van der Waals surface area contributed by atoms with E-state index in [9.17, 15) is 14.7 Å². The normalized spacial score (nSPS) is 15.2. The van der Waals surface area contributed by atoms with Crippen molar-refractivity contribution in [2.45, 2.75) is 175 Å². The fraction of sp³-hybridized carbons (Fsp3) is 0.848. The summed E-state index contributed by atoms with van der Waals surface area (Å²) < 4.78 is 11.1. The lowest BCUT2D eigenvalue weighted by Crippen LogP contribution is -2.48. The average molecular weight is 743 g/mol. The predicted octanol–water partition coefficient (Wildman–Crippen LogP) is 10.6. The van der Waals surface area contributed by atoms with Gasteiger partial charge in [-0.1, -0.05) is 129 Å². The number of hydrogen-bond acceptors (Lipinski definition) is 7. The number of ether oxygens (including phenoxy) is 2. The van der Waals surface area contributed by atoms with E-state index in [1.807, 2.05) is 6.08 Å². The maximum absolute atomic E-state index is 12.4. The second kappa shape index (κ2) is 35.6. The fourth-order valence-corrected chi connectivity index (χ4v) is 7.40. The van der Waals surface area contributed by atoms with Crippen LogP contribution in [0, 0.1) is 17.8 Å². The Hall–Kier alpha value is -2.10. The molecule has 0 aliphatic carbocycles. The van der Waals surface area contributed by atoms with Gasteiger partial charge < -0.3 is 19.5 Å². The highest BCUT2D eigenvalue weighted by Crippen LogP contribution is 2.22. The van der Waals surface area contributed by atoms with Crippen LogP contribution in [-0.2, 0) is 19.1 Å². The number of carbonyl (C=O) groups excluding carboxylic acids is 2. The highest BCUT2D eigenvalue weighted by Gasteiger charge is 2.20. The molecule has 0 aromatic rings. The lowest BCUT2D eigenvalue weighted by Gasteiger charge is -2.36. The van der Waals surface area contributed by atoms with Crippen LogP contribution in [0.25, 0.3) is 0 Å². The zero-order valence-corrected chi connectivity index (χ0v) is 34.8. The number of piperazine rings is 1. The van der Waals surface area contributed by atoms with E-state index in [2.05, 4.69) is 54.3 Å². The van der Waals surface area contributed by atoms with Crippen LogP contribution >= 0.6 is 0 Å². The molecule has 1 heterocycles. The first-order valence-corrected chi connectivity index (χ1v) is 22.1. The second-order valence-electron chi connectivity index (χ2n) is 15.8. The molecule has 1 fully saturated rings. The van der Waals surface area contributed by atoms with Crippen LogP contribution in [0.1, 0.15) is 175 Å². The third kappa shape index (κ3) is 29.9. The van der Waals surface area contributed by atoms with Crippen molar-refractivity contribution in [3.8, 4) is 0 Å². The molecular weight excluding hydrogens is 661 g/mol. The lowest BCUT2D eigenvalue weighted by atomic mass is 9.93. The van der Waals surface area contributed by atoms with Crippen LogP contribution in [0.3, 0.4) is 0 Å². The van der Waals surface area contributed by atoms with E-state index < -0.39 is 0 Å². The summed E-state index contributed by atoms with van der Waals surface area (Å²) in [5, 5.41) is 9.32. The van der Waals surface area contributed by atoms with E-state index >= 15 is 0 Å². The smallest absolute Gasteiger partial charge is 0.305 e. The Morgan fingerprint density at radius 2 is 1.19 bits per heavy atom. The first-order valence-electron chi connectivity index (χ1n) is 22.1. The number of esters is 2. The van der Waals surface area contributed by atoms with Crippen LogP contribution in [0.2, 0.25) is 0 Å². The van der Waals surface area contributed by atoms with Gasteiger partial charge in [-0.3, -0.25) is 14.5 Å². The van der Waals surface area contributed by atoms with Gasteiger partial charge in [-0.25, -0.2) is 0 Å². The SMILES string of the molecule is C=C=C=C=CC(CCCCC)CCOC(=O)CCCCCCCC(CCCCCCCC(=O)OCCC(C)CCCCC)CN1CCN(CCO)CC1. The summed E-state index contributed by atoms with van der Waals surface area (Å²) in [7, 11) is 0. The molecule has 3 unspecified atom stereocenters. The number of β-amino-alcohol motifs (C(OH)–C–C–N with tert-alkyl or cyclic N) is 1. The molecule has 306 valence electrons. The molecule has 0 aromatic carbocycles. The number of unbranched alkanes of at least 4 members (excludes halogenated alkanes) is 12. The maximum atomic E-state index is 12.4. The van der Waals surface area contributed by atoms with Crippen molar-refractivity contribution in [3.05, 3.63) is 29.8 Å². The predicted molar refractivity (Wildman–Crippen MR) is 221 cm³/mol. The summed E-state index contributed by atoms with van der Waals surface area (Å²) in [5.74, 6) is 1.61. The van der Waals surface area contributed by atoms with Crippen LogP contribution in [0.4, 0.5) is 0 Å². The van der Waals surface area contributed by atoms with Crippen molar-refractivity contribution >= 4 is 11.9 Å². The van der Waals surface area contributed by atoms with E-state index in [-0.39, 0.29) is 18.5 Å². The molecule has 1 saturated heterocycles. The van der Waals surface area contributed by atoms with Crippen LogP contribution in [-0.4, -0.2) is 85.9 Å². The molecule has 53 heavy (non-hydrogen) atoms. The van der Waals surface area contributed by atoms with E-state index in [1.54, 1.807) is 0 Å². The number of nitrogens with zero attached hydrogens (tertiary/aromatic N) is 2. The summed E-state index contributed by atoms with van der Waals surface area (Å²) >= 11 is 0. The van der Waals surface area contributed by atoms with Gasteiger partial charge in [0.25, 0.3) is 0 Å². The first kappa shape index (κ1) is 48.9. The quantitative estimate of drug-likeness (QED) is 0.0393. The topological polar surface area (TPSA) is 79.3 Å². The largest absolute Gasteiger partial charge is 0.466 e. The average Bonchev–Trinajstić information content (AvgIpc) is 3.14. The van der Waals surface area contributed by atoms with Gasteiger partial charge >= 0.3 is 11.9 Å². The zero-order chi connectivity index (χ0) is 38.6. The Morgan fingerprint density at radius 3 is 1.75 bits per heavy atom. The minimum atomic E-state index is -0.0694. The molecule has 0 radical (unpaired) electrons. The minimum absolute atomic E-state index is 0.0221. The number of aliphatic hydroxyl groups excluding tert-OH is 1. The van der Waals surface area contributed by atoms with Gasteiger partial charge in [0.2, 0.25) is 0 Å². The van der Waals surface area contributed by atoms with Crippen molar-refractivity contribution in [1.82, 2.24) is 9.80 Å². The fourth-order valence-electron chi connectivity index (χ4n) is 7.40. The monoisotopic (exact) mass is 743 g/mol. The summed E-state index contributed by atoms with van der Waals surface area (Å²) in [4.78, 5) is 29.5. The van der Waals surface area contributed by atoms with Gasteiger partial charge in [0.05, 0.1) is 19.8 Å². The molecule has 1 N–H and O–H groups in total. The van der Waals surface area contributed by atoms with Gasteiger partial charge in [-0.05, 0) is 81.1 Å². The van der Waals surface area contributed by atoms with Gasteiger partial charge in [-0.15, -0.1) is 0 Å². The Labute approximate surface area is 326 Å². The summed E-state index contributed by atoms with van der Waals surface area (Å²) in [5.41, 5.74) is 8.40. The van der Waals surface area contributed by atoms with Gasteiger partial charge in [0.1, 0.15) is 0 Å². The molecule has 7 heteroatoms. The van der Waals surface area contributed by atoms with Gasteiger partial charge in [-0.2, -0.15) is 0 Å². The van der Waals surface area contributed by atoms with Crippen LogP contribution in [0.15, 0.2) is 29.8 Å².